The summed E-state index contributed by atoms with van der Waals surface area (Å²) < 4.78 is 0. The molecule has 1 amide bonds. The highest BCUT2D eigenvalue weighted by molar-refractivity contribution is 5.93. The molecule has 5 heteroatoms. The normalized spacial score (nSPS) is 10.1. The average Bonchev–Trinajstić information content (AvgIpc) is 2.50. The smallest absolute Gasteiger partial charge is 0.269 e. The fraction of sp³-hybridized carbons (Fsp3) is 0.250. The van der Waals surface area contributed by atoms with Gasteiger partial charge in [-0.05, 0) is 43.2 Å². The molecular weight excluding hydrogens is 266 g/mol. The molecule has 0 bridgehead atoms. The molecule has 3 N–H and O–H groups in total. The van der Waals surface area contributed by atoms with Crippen molar-refractivity contribution >= 4 is 11.6 Å². The van der Waals surface area contributed by atoms with E-state index in [2.05, 4.69) is 15.6 Å². The second kappa shape index (κ2) is 7.28. The molecule has 0 unspecified atom stereocenters. The lowest BCUT2D eigenvalue weighted by Crippen LogP contribution is -2.23. The second-order valence-corrected chi connectivity index (χ2v) is 4.63. The van der Waals surface area contributed by atoms with E-state index in [0.29, 0.717) is 12.2 Å². The summed E-state index contributed by atoms with van der Waals surface area (Å²) in [6.07, 6.45) is 2.45. The molecular formula is C16H19N3O2. The molecule has 1 aromatic heterocycles. The molecule has 0 saturated carbocycles. The Balaban J connectivity index is 1.89. The van der Waals surface area contributed by atoms with Crippen LogP contribution in [0.4, 0.5) is 5.69 Å². The Hall–Kier alpha value is -2.56. The minimum Gasteiger partial charge on any atom is -0.508 e. The third-order valence-electron chi connectivity index (χ3n) is 3.01. The van der Waals surface area contributed by atoms with Crippen LogP contribution in [0.2, 0.25) is 0 Å². The van der Waals surface area contributed by atoms with Crippen molar-refractivity contribution in [3.05, 3.63) is 53.9 Å². The first-order chi connectivity index (χ1) is 10.2. The van der Waals surface area contributed by atoms with Crippen LogP contribution in [0, 0.1) is 0 Å². The molecule has 1 heterocycles. The van der Waals surface area contributed by atoms with Gasteiger partial charge in [0.15, 0.2) is 0 Å². The summed E-state index contributed by atoms with van der Waals surface area (Å²) in [5.74, 6) is 0.104. The summed E-state index contributed by atoms with van der Waals surface area (Å²) in [6.45, 7) is 3.19. The molecule has 0 fully saturated rings. The lowest BCUT2D eigenvalue weighted by atomic mass is 10.1. The molecule has 0 radical (unpaired) electrons. The summed E-state index contributed by atoms with van der Waals surface area (Å²) >= 11 is 0. The van der Waals surface area contributed by atoms with Crippen molar-refractivity contribution in [2.75, 3.05) is 18.4 Å². The van der Waals surface area contributed by atoms with Crippen molar-refractivity contribution in [3.8, 4) is 5.75 Å². The van der Waals surface area contributed by atoms with E-state index in [1.165, 1.54) is 0 Å². The first-order valence-electron chi connectivity index (χ1n) is 6.95. The second-order valence-electron chi connectivity index (χ2n) is 4.63. The summed E-state index contributed by atoms with van der Waals surface area (Å²) in [5.41, 5.74) is 2.41. The Bertz CT molecular complexity index is 597. The molecule has 2 rings (SSSR count). The average molecular weight is 285 g/mol. The van der Waals surface area contributed by atoms with Gasteiger partial charge in [-0.15, -0.1) is 0 Å². The Morgan fingerprint density at radius 1 is 1.24 bits per heavy atom. The van der Waals surface area contributed by atoms with Crippen molar-refractivity contribution in [1.29, 1.82) is 0 Å². The highest BCUT2D eigenvalue weighted by Gasteiger charge is 2.06. The number of pyridine rings is 1. The van der Waals surface area contributed by atoms with Gasteiger partial charge in [-0.2, -0.15) is 0 Å². The number of amides is 1. The number of carbonyl (C=O) groups excluding carboxylic acids is 1. The van der Waals surface area contributed by atoms with Crippen LogP contribution >= 0.6 is 0 Å². The largest absolute Gasteiger partial charge is 0.508 e. The quantitative estimate of drug-likeness (QED) is 0.760. The number of nitrogens with one attached hydrogen (secondary N) is 2. The lowest BCUT2D eigenvalue weighted by molar-refractivity contribution is 0.0951. The number of benzene rings is 1. The Morgan fingerprint density at radius 3 is 2.71 bits per heavy atom. The van der Waals surface area contributed by atoms with Crippen molar-refractivity contribution in [1.82, 2.24) is 10.3 Å². The number of aromatic nitrogens is 1. The van der Waals surface area contributed by atoms with Crippen LogP contribution in [0.25, 0.3) is 0 Å². The number of hydrogen-bond donors (Lipinski definition) is 3. The fourth-order valence-corrected chi connectivity index (χ4v) is 1.93. The minimum atomic E-state index is -0.167. The van der Waals surface area contributed by atoms with Crippen LogP contribution in [-0.4, -0.2) is 29.1 Å². The van der Waals surface area contributed by atoms with Crippen LogP contribution in [0.15, 0.2) is 42.6 Å². The third-order valence-corrected chi connectivity index (χ3v) is 3.01. The zero-order valence-electron chi connectivity index (χ0n) is 12.0. The van der Waals surface area contributed by atoms with Crippen molar-refractivity contribution in [2.45, 2.75) is 13.3 Å². The Morgan fingerprint density at radius 2 is 2.00 bits per heavy atom. The van der Waals surface area contributed by atoms with Gasteiger partial charge in [0.05, 0.1) is 0 Å². The Kier molecular flexibility index (Phi) is 5.15. The van der Waals surface area contributed by atoms with Gasteiger partial charge in [0.1, 0.15) is 11.4 Å². The van der Waals surface area contributed by atoms with E-state index in [-0.39, 0.29) is 11.7 Å². The zero-order chi connectivity index (χ0) is 15.1. The van der Waals surface area contributed by atoms with E-state index in [0.717, 1.165) is 24.2 Å². The predicted octanol–water partition coefficient (Wildman–Crippen LogP) is 2.19. The molecule has 0 aliphatic rings. The summed E-state index contributed by atoms with van der Waals surface area (Å²) in [6, 6.07) is 10.7. The highest BCUT2D eigenvalue weighted by atomic mass is 16.3. The number of hydrogen-bond acceptors (Lipinski definition) is 4. The number of anilines is 1. The topological polar surface area (TPSA) is 74.2 Å². The number of rotatable bonds is 6. The summed E-state index contributed by atoms with van der Waals surface area (Å²) in [4.78, 5) is 15.8. The van der Waals surface area contributed by atoms with E-state index in [4.69, 9.17) is 0 Å². The lowest BCUT2D eigenvalue weighted by Gasteiger charge is -2.08. The van der Waals surface area contributed by atoms with Gasteiger partial charge in [-0.1, -0.05) is 12.1 Å². The van der Waals surface area contributed by atoms with E-state index >= 15 is 0 Å². The fourth-order valence-electron chi connectivity index (χ4n) is 1.93. The van der Waals surface area contributed by atoms with E-state index in [1.54, 1.807) is 24.4 Å². The van der Waals surface area contributed by atoms with Crippen molar-refractivity contribution in [2.24, 2.45) is 0 Å². The molecule has 5 nitrogen and oxygen atoms in total. The number of carbonyl (C=O) groups is 1. The third kappa shape index (κ3) is 4.49. The van der Waals surface area contributed by atoms with Crippen LogP contribution in [0.5, 0.6) is 5.75 Å². The van der Waals surface area contributed by atoms with Gasteiger partial charge >= 0.3 is 0 Å². The molecule has 21 heavy (non-hydrogen) atoms. The molecule has 0 spiro atoms. The maximum absolute atomic E-state index is 11.7. The van der Waals surface area contributed by atoms with Crippen molar-refractivity contribution < 1.29 is 9.90 Å². The molecule has 0 aliphatic heterocycles. The van der Waals surface area contributed by atoms with Gasteiger partial charge < -0.3 is 15.7 Å². The van der Waals surface area contributed by atoms with Gasteiger partial charge in [0.25, 0.3) is 5.91 Å². The van der Waals surface area contributed by atoms with Crippen LogP contribution in [0.3, 0.4) is 0 Å². The minimum absolute atomic E-state index is 0.167. The zero-order valence-corrected chi connectivity index (χ0v) is 12.0. The number of nitrogens with zero attached hydrogens (tertiary/aromatic N) is 1. The van der Waals surface area contributed by atoms with Crippen LogP contribution in [-0.2, 0) is 6.42 Å². The number of phenolic OH excluding ortho intramolecular Hbond substituents is 1. The molecule has 0 atom stereocenters. The molecule has 0 aliphatic carbocycles. The standard InChI is InChI=1S/C16H19N3O2/c1-2-17-16(21)15-11-13(8-10-19-15)18-9-7-12-3-5-14(20)6-4-12/h3-6,8,10-11,20H,2,7,9H2,1H3,(H,17,21)(H,18,19). The maximum Gasteiger partial charge on any atom is 0.269 e. The van der Waals surface area contributed by atoms with E-state index in [9.17, 15) is 9.90 Å². The summed E-state index contributed by atoms with van der Waals surface area (Å²) in [5, 5.41) is 15.2. The molecule has 1 aromatic carbocycles. The highest BCUT2D eigenvalue weighted by Crippen LogP contribution is 2.11. The number of phenols is 1. The number of aromatic hydroxyl groups is 1. The van der Waals surface area contributed by atoms with Gasteiger partial charge in [-0.3, -0.25) is 9.78 Å². The van der Waals surface area contributed by atoms with Gasteiger partial charge in [-0.25, -0.2) is 0 Å². The van der Waals surface area contributed by atoms with Gasteiger partial charge in [0, 0.05) is 25.0 Å². The first-order valence-corrected chi connectivity index (χ1v) is 6.95. The van der Waals surface area contributed by atoms with E-state index < -0.39 is 0 Å². The predicted molar refractivity (Wildman–Crippen MR) is 82.5 cm³/mol. The van der Waals surface area contributed by atoms with Crippen molar-refractivity contribution in [3.63, 3.8) is 0 Å². The molecule has 2 aromatic rings. The molecule has 0 saturated heterocycles. The SMILES string of the molecule is CCNC(=O)c1cc(NCCc2ccc(O)cc2)ccn1. The van der Waals surface area contributed by atoms with Crippen LogP contribution < -0.4 is 10.6 Å². The van der Waals surface area contributed by atoms with Gasteiger partial charge in [0.2, 0.25) is 0 Å². The first kappa shape index (κ1) is 14.8. The monoisotopic (exact) mass is 285 g/mol. The molecule has 110 valence electrons. The maximum atomic E-state index is 11.7. The summed E-state index contributed by atoms with van der Waals surface area (Å²) in [7, 11) is 0. The van der Waals surface area contributed by atoms with E-state index in [1.807, 2.05) is 25.1 Å². The van der Waals surface area contributed by atoms with Crippen LogP contribution in [0.1, 0.15) is 23.0 Å². The Labute approximate surface area is 124 Å².